The second-order valence-corrected chi connectivity index (χ2v) is 28.1. The molecule has 6 atom stereocenters. The van der Waals surface area contributed by atoms with Gasteiger partial charge in [-0.3, -0.25) is 29.0 Å². The Morgan fingerprint density at radius 1 is 0.387 bits per heavy atom. The molecule has 0 bridgehead atoms. The molecule has 2 aliphatic carbocycles. The molecule has 2 aliphatic heterocycles. The normalized spacial score (nSPS) is 17.7. The Hall–Kier alpha value is -11.0. The minimum absolute atomic E-state index is 0.0500. The number of hydrogen-bond acceptors (Lipinski definition) is 18. The van der Waals surface area contributed by atoms with Gasteiger partial charge in [-0.05, 0) is 179 Å². The van der Waals surface area contributed by atoms with Crippen molar-refractivity contribution in [3.05, 3.63) is 189 Å². The molecule has 0 radical (unpaired) electrons. The van der Waals surface area contributed by atoms with Crippen LogP contribution in [0.4, 0.5) is 0 Å². The number of imide groups is 2. The fourth-order valence-corrected chi connectivity index (χ4v) is 15.5. The Kier molecular flexibility index (Phi) is 21.2. The van der Waals surface area contributed by atoms with Gasteiger partial charge in [-0.25, -0.2) is 19.2 Å². The molecule has 106 heavy (non-hydrogen) atoms. The van der Waals surface area contributed by atoms with E-state index < -0.39 is 84.0 Å². The van der Waals surface area contributed by atoms with Crippen LogP contribution >= 0.6 is 0 Å². The molecule has 0 saturated heterocycles. The predicted octanol–water partition coefficient (Wildman–Crippen LogP) is 17.3. The molecular formula is C86H86N2O18. The Bertz CT molecular complexity index is 4560. The molecule has 20 nitrogen and oxygen atoms in total. The summed E-state index contributed by atoms with van der Waals surface area (Å²) in [5.41, 5.74) is 6.33. The zero-order chi connectivity index (χ0) is 75.1. The fraction of sp³-hybridized carbons (Fsp3) is 0.349. The number of carbonyl (C=O) groups is 8. The first-order valence-electron chi connectivity index (χ1n) is 36.3. The van der Waals surface area contributed by atoms with E-state index in [9.17, 15) is 9.59 Å². The summed E-state index contributed by atoms with van der Waals surface area (Å²) in [4.78, 5) is 123. The second kappa shape index (κ2) is 30.6. The van der Waals surface area contributed by atoms with Crippen molar-refractivity contribution >= 4 is 90.6 Å². The maximum Gasteiger partial charge on any atom is 0.330 e. The van der Waals surface area contributed by atoms with Crippen molar-refractivity contribution < 1.29 is 85.7 Å². The largest absolute Gasteiger partial charge is 0.461 e. The summed E-state index contributed by atoms with van der Waals surface area (Å²) < 4.78 is 65.0. The molecule has 2 heterocycles. The van der Waals surface area contributed by atoms with Gasteiger partial charge in [0, 0.05) is 107 Å². The SMILES string of the molecule is C=CC(=O)OC1CCCC(OC(=O)C(CCOCC)N2C(=O)c3cc(Oc4ccc(C)cc4C)c4c5c(Oc6ccc(C)cc6C)cc6c7c(cc(Oc8ccc(C)cc8C)c(c8c(Oc9ccc(C)cc9C)cc(c3c48)C2=O)c75)C(=O)N(C(CCOCC)C(=O)OC2CCCC(OC(=O)C=C)C2)C6=O)C1. The number of ether oxygens (including phenoxy) is 10. The third-order valence-corrected chi connectivity index (χ3v) is 20.4. The highest BCUT2D eigenvalue weighted by Gasteiger charge is 2.48. The zero-order valence-electron chi connectivity index (χ0n) is 61.4. The summed E-state index contributed by atoms with van der Waals surface area (Å²) in [7, 11) is 0. The van der Waals surface area contributed by atoms with Crippen LogP contribution in [0, 0.1) is 55.4 Å². The van der Waals surface area contributed by atoms with E-state index in [0.29, 0.717) is 83.8 Å². The Balaban J connectivity index is 1.14. The van der Waals surface area contributed by atoms with E-state index in [-0.39, 0.29) is 140 Å². The average Bonchev–Trinajstić information content (AvgIpc) is 0.670. The minimum Gasteiger partial charge on any atom is -0.461 e. The Morgan fingerprint density at radius 2 is 0.660 bits per heavy atom. The maximum absolute atomic E-state index is 16.5. The van der Waals surface area contributed by atoms with Crippen molar-refractivity contribution in [2.75, 3.05) is 26.4 Å². The molecule has 20 heteroatoms. The number of benzene rings is 9. The lowest BCUT2D eigenvalue weighted by Gasteiger charge is -2.36. The Morgan fingerprint density at radius 3 is 0.915 bits per heavy atom. The van der Waals surface area contributed by atoms with Crippen LogP contribution in [0.25, 0.3) is 43.1 Å². The number of esters is 4. The van der Waals surface area contributed by atoms with E-state index in [1.807, 2.05) is 128 Å². The molecule has 2 saturated carbocycles. The highest BCUT2D eigenvalue weighted by molar-refractivity contribution is 6.45. The first-order chi connectivity index (χ1) is 51.0. The van der Waals surface area contributed by atoms with E-state index >= 15 is 28.8 Å². The van der Waals surface area contributed by atoms with Crippen LogP contribution in [0.5, 0.6) is 46.0 Å². The molecule has 0 aromatic heterocycles. The number of carbonyl (C=O) groups excluding carboxylic acids is 8. The summed E-state index contributed by atoms with van der Waals surface area (Å²) in [6.07, 6.45) is 2.47. The van der Waals surface area contributed by atoms with Gasteiger partial charge >= 0.3 is 23.9 Å². The molecule has 0 N–H and O–H groups in total. The standard InChI is InChI=1S/C86H86N2O18/c1-13-71(89)99-53-19-17-21-55(39-53)101-85(95)61(31-33-97-15-3)87-81(91)57-41-67(103-63-27-23-45(5)35-49(63)9)75-77-69(105-65-29-25-47(7)37-51(65)11)43-59-74-60(84(94)88(83(59)93)62(32-34-98-16-4)86(96)102-56-22-18-20-54(40-56)100-72(90)14-2)44-70(106-66-30-26-48(8)38-52(66)12)78(80(74)77)76-68(42-58(82(87)92)73(57)79(75)76)104-64-28-24-46(6)36-50(64)10/h13-14,23-30,35-38,41-44,53-56,61-62H,1-2,15-22,31-34,39-40H2,3-12H3. The maximum atomic E-state index is 16.5. The minimum atomic E-state index is -1.57. The highest BCUT2D eigenvalue weighted by atomic mass is 16.6. The van der Waals surface area contributed by atoms with Crippen LogP contribution in [-0.2, 0) is 47.6 Å². The second-order valence-electron chi connectivity index (χ2n) is 28.1. The molecule has 9 aromatic rings. The van der Waals surface area contributed by atoms with Crippen LogP contribution < -0.4 is 18.9 Å². The summed E-state index contributed by atoms with van der Waals surface area (Å²) in [5.74, 6) is -4.79. The van der Waals surface area contributed by atoms with Gasteiger partial charge in [0.2, 0.25) is 0 Å². The van der Waals surface area contributed by atoms with Crippen molar-refractivity contribution in [2.24, 2.45) is 0 Å². The molecule has 2 fully saturated rings. The fourth-order valence-electron chi connectivity index (χ4n) is 15.5. The third kappa shape index (κ3) is 14.3. The van der Waals surface area contributed by atoms with Crippen molar-refractivity contribution in [3.63, 3.8) is 0 Å². The lowest BCUT2D eigenvalue weighted by Crippen LogP contribution is -2.52. The van der Waals surface area contributed by atoms with Gasteiger partial charge in [-0.2, -0.15) is 0 Å². The predicted molar refractivity (Wildman–Crippen MR) is 399 cm³/mol. The van der Waals surface area contributed by atoms with Crippen molar-refractivity contribution in [1.82, 2.24) is 9.80 Å². The first kappa shape index (κ1) is 73.4. The van der Waals surface area contributed by atoms with Crippen molar-refractivity contribution in [2.45, 2.75) is 170 Å². The van der Waals surface area contributed by atoms with E-state index in [4.69, 9.17) is 47.4 Å². The molecule has 0 spiro atoms. The van der Waals surface area contributed by atoms with E-state index in [2.05, 4.69) is 13.2 Å². The molecule has 13 rings (SSSR count). The highest BCUT2D eigenvalue weighted by Crippen LogP contribution is 2.59. The van der Waals surface area contributed by atoms with Gasteiger partial charge < -0.3 is 47.4 Å². The van der Waals surface area contributed by atoms with E-state index in [0.717, 1.165) is 44.2 Å². The molecule has 9 aromatic carbocycles. The summed E-state index contributed by atoms with van der Waals surface area (Å²) in [5, 5.41) is 1.79. The van der Waals surface area contributed by atoms with E-state index in [1.165, 1.54) is 0 Å². The number of aryl methyl sites for hydroxylation is 8. The number of rotatable bonds is 26. The van der Waals surface area contributed by atoms with Crippen LogP contribution in [0.15, 0.2) is 122 Å². The van der Waals surface area contributed by atoms with Crippen molar-refractivity contribution in [3.8, 4) is 46.0 Å². The van der Waals surface area contributed by atoms with E-state index in [1.54, 1.807) is 38.1 Å². The summed E-state index contributed by atoms with van der Waals surface area (Å²) in [6, 6.07) is 25.6. The van der Waals surface area contributed by atoms with Crippen LogP contribution in [0.2, 0.25) is 0 Å². The van der Waals surface area contributed by atoms with Gasteiger partial charge in [0.05, 0.1) is 22.3 Å². The molecule has 548 valence electrons. The Labute approximate surface area is 614 Å². The average molecular weight is 1440 g/mol. The first-order valence-corrected chi connectivity index (χ1v) is 36.3. The molecule has 4 amide bonds. The van der Waals surface area contributed by atoms with Gasteiger partial charge in [0.1, 0.15) is 82.5 Å². The molecule has 6 unspecified atom stereocenters. The lowest BCUT2D eigenvalue weighted by molar-refractivity contribution is -0.162. The zero-order valence-corrected chi connectivity index (χ0v) is 61.4. The third-order valence-electron chi connectivity index (χ3n) is 20.4. The quantitative estimate of drug-likeness (QED) is 0.00932. The number of hydrogen-bond donors (Lipinski definition) is 0. The monoisotopic (exact) mass is 1430 g/mol. The topological polar surface area (TPSA) is 235 Å². The molecular weight excluding hydrogens is 1350 g/mol. The number of nitrogens with zero attached hydrogens (tertiary/aromatic N) is 2. The van der Waals surface area contributed by atoms with Gasteiger partial charge in [0.15, 0.2) is 0 Å². The molecule has 4 aliphatic rings. The summed E-state index contributed by atoms with van der Waals surface area (Å²) in [6.45, 7) is 26.4. The smallest absolute Gasteiger partial charge is 0.330 e. The van der Waals surface area contributed by atoms with Gasteiger partial charge in [0.25, 0.3) is 23.6 Å². The lowest BCUT2D eigenvalue weighted by atomic mass is 9.80. The van der Waals surface area contributed by atoms with Crippen LogP contribution in [-0.4, -0.2) is 120 Å². The van der Waals surface area contributed by atoms with Crippen LogP contribution in [0.3, 0.4) is 0 Å². The number of fused-ring (bicyclic) bond motifs is 2. The van der Waals surface area contributed by atoms with Gasteiger partial charge in [-0.1, -0.05) is 83.9 Å². The van der Waals surface area contributed by atoms with Crippen molar-refractivity contribution in [1.29, 1.82) is 0 Å². The number of amides is 4. The van der Waals surface area contributed by atoms with Gasteiger partial charge in [-0.15, -0.1) is 0 Å². The summed E-state index contributed by atoms with van der Waals surface area (Å²) >= 11 is 0. The van der Waals surface area contributed by atoms with Crippen LogP contribution in [0.1, 0.15) is 164 Å².